The van der Waals surface area contributed by atoms with Gasteiger partial charge in [-0.3, -0.25) is 14.9 Å². The molecular formula is C26H25N3O5S. The molecule has 2 amide bonds. The molecule has 3 N–H and O–H groups in total. The molecule has 0 radical (unpaired) electrons. The maximum Gasteiger partial charge on any atom is 0.413 e. The van der Waals surface area contributed by atoms with Crippen LogP contribution >= 0.6 is 11.3 Å². The fourth-order valence-electron chi connectivity index (χ4n) is 4.67. The summed E-state index contributed by atoms with van der Waals surface area (Å²) in [6.45, 7) is 0.479. The summed E-state index contributed by atoms with van der Waals surface area (Å²) >= 11 is 1.13. The standard InChI is InChI=1S/C26H25N3O5S/c30-23(31)11-16(15-9-10-15)12-27-24(32)22-14-35-25(28-22)29-26(33)34-13-21-19-7-3-1-5-17(19)18-6-2-4-8-20(18)21/h1-8,14-16,21H,9-13H2,(H,27,32)(H,30,31)(H,28,29,33). The molecular weight excluding hydrogens is 466 g/mol. The maximum absolute atomic E-state index is 12.5. The first-order valence-corrected chi connectivity index (χ1v) is 12.4. The van der Waals surface area contributed by atoms with Crippen LogP contribution in [0, 0.1) is 11.8 Å². The number of carbonyl (C=O) groups is 3. The highest BCUT2D eigenvalue weighted by Gasteiger charge is 2.33. The van der Waals surface area contributed by atoms with Gasteiger partial charge in [0.05, 0.1) is 6.42 Å². The largest absolute Gasteiger partial charge is 0.481 e. The zero-order chi connectivity index (χ0) is 24.4. The smallest absolute Gasteiger partial charge is 0.413 e. The number of aliphatic carboxylic acids is 1. The topological polar surface area (TPSA) is 118 Å². The molecule has 1 heterocycles. The summed E-state index contributed by atoms with van der Waals surface area (Å²) in [4.78, 5) is 40.1. The minimum Gasteiger partial charge on any atom is -0.481 e. The molecule has 2 aliphatic rings. The van der Waals surface area contributed by atoms with Crippen LogP contribution in [0.4, 0.5) is 9.93 Å². The van der Waals surface area contributed by atoms with E-state index in [2.05, 4.69) is 39.9 Å². The molecule has 1 unspecified atom stereocenters. The van der Waals surface area contributed by atoms with E-state index in [1.165, 1.54) is 0 Å². The normalized spacial score (nSPS) is 15.1. The van der Waals surface area contributed by atoms with Gasteiger partial charge in [-0.25, -0.2) is 9.78 Å². The average Bonchev–Trinajstić information content (AvgIpc) is 3.51. The second-order valence-electron chi connectivity index (χ2n) is 8.89. The summed E-state index contributed by atoms with van der Waals surface area (Å²) in [7, 11) is 0. The van der Waals surface area contributed by atoms with E-state index in [1.807, 2.05) is 24.3 Å². The van der Waals surface area contributed by atoms with Crippen LogP contribution in [0.1, 0.15) is 46.8 Å². The Hall–Kier alpha value is -3.72. The Morgan fingerprint density at radius 2 is 1.71 bits per heavy atom. The summed E-state index contributed by atoms with van der Waals surface area (Å²) in [6, 6.07) is 16.2. The van der Waals surface area contributed by atoms with E-state index in [0.717, 1.165) is 46.4 Å². The molecule has 180 valence electrons. The van der Waals surface area contributed by atoms with E-state index in [1.54, 1.807) is 5.38 Å². The van der Waals surface area contributed by atoms with Gasteiger partial charge in [0.2, 0.25) is 0 Å². The lowest BCUT2D eigenvalue weighted by Gasteiger charge is -2.14. The van der Waals surface area contributed by atoms with Crippen molar-refractivity contribution in [2.45, 2.75) is 25.2 Å². The first-order valence-electron chi connectivity index (χ1n) is 11.6. The SMILES string of the molecule is O=C(O)CC(CNC(=O)c1csc(NC(=O)OCC2c3ccccc3-c3ccccc32)n1)C1CC1. The lowest BCUT2D eigenvalue weighted by atomic mass is 9.98. The van der Waals surface area contributed by atoms with E-state index in [-0.39, 0.29) is 35.7 Å². The number of amides is 2. The quantitative estimate of drug-likeness (QED) is 0.398. The van der Waals surface area contributed by atoms with Gasteiger partial charge in [-0.05, 0) is 46.9 Å². The van der Waals surface area contributed by atoms with Gasteiger partial charge in [-0.15, -0.1) is 11.3 Å². The Balaban J connectivity index is 1.15. The molecule has 3 aromatic rings. The summed E-state index contributed by atoms with van der Waals surface area (Å²) in [5, 5.41) is 16.2. The highest BCUT2D eigenvalue weighted by Crippen LogP contribution is 2.44. The molecule has 35 heavy (non-hydrogen) atoms. The van der Waals surface area contributed by atoms with Gasteiger partial charge in [0.1, 0.15) is 12.3 Å². The van der Waals surface area contributed by atoms with Crippen LogP contribution < -0.4 is 10.6 Å². The van der Waals surface area contributed by atoms with Crippen LogP contribution in [-0.2, 0) is 9.53 Å². The number of fused-ring (bicyclic) bond motifs is 3. The third-order valence-corrected chi connectivity index (χ3v) is 7.30. The molecule has 1 atom stereocenters. The second-order valence-corrected chi connectivity index (χ2v) is 9.75. The van der Waals surface area contributed by atoms with Crippen LogP contribution in [0.3, 0.4) is 0 Å². The van der Waals surface area contributed by atoms with E-state index in [0.29, 0.717) is 12.5 Å². The Labute approximate surface area is 206 Å². The number of nitrogens with zero attached hydrogens (tertiary/aromatic N) is 1. The Bertz CT molecular complexity index is 1220. The zero-order valence-corrected chi connectivity index (χ0v) is 19.7. The third kappa shape index (κ3) is 5.19. The fraction of sp³-hybridized carbons (Fsp3) is 0.308. The van der Waals surface area contributed by atoms with Crippen LogP contribution in [0.25, 0.3) is 11.1 Å². The number of hydrogen-bond acceptors (Lipinski definition) is 6. The number of hydrogen-bond donors (Lipinski definition) is 3. The minimum atomic E-state index is -0.862. The molecule has 0 saturated heterocycles. The summed E-state index contributed by atoms with van der Waals surface area (Å²) in [5.41, 5.74) is 4.73. The van der Waals surface area contributed by atoms with Crippen molar-refractivity contribution in [3.8, 4) is 11.1 Å². The zero-order valence-electron chi connectivity index (χ0n) is 18.9. The molecule has 2 aromatic carbocycles. The number of aromatic nitrogens is 1. The van der Waals surface area contributed by atoms with Gasteiger partial charge in [0, 0.05) is 17.8 Å². The fourth-order valence-corrected chi connectivity index (χ4v) is 5.35. The van der Waals surface area contributed by atoms with Gasteiger partial charge in [0.15, 0.2) is 5.13 Å². The van der Waals surface area contributed by atoms with Crippen molar-refractivity contribution in [2.24, 2.45) is 11.8 Å². The molecule has 1 saturated carbocycles. The molecule has 1 fully saturated rings. The molecule has 5 rings (SSSR count). The van der Waals surface area contributed by atoms with Crippen molar-refractivity contribution in [2.75, 3.05) is 18.5 Å². The van der Waals surface area contributed by atoms with Gasteiger partial charge < -0.3 is 15.2 Å². The predicted molar refractivity (Wildman–Crippen MR) is 132 cm³/mol. The van der Waals surface area contributed by atoms with E-state index >= 15 is 0 Å². The van der Waals surface area contributed by atoms with Crippen LogP contribution in [-0.4, -0.2) is 41.2 Å². The van der Waals surface area contributed by atoms with Crippen molar-refractivity contribution in [1.29, 1.82) is 0 Å². The molecule has 8 nitrogen and oxygen atoms in total. The summed E-state index contributed by atoms with van der Waals surface area (Å²) in [6.07, 6.45) is 1.40. The number of rotatable bonds is 9. The Morgan fingerprint density at radius 3 is 2.34 bits per heavy atom. The number of ether oxygens (including phenoxy) is 1. The van der Waals surface area contributed by atoms with Crippen LogP contribution in [0.5, 0.6) is 0 Å². The first kappa shape index (κ1) is 23.0. The number of thiazole rings is 1. The summed E-state index contributed by atoms with van der Waals surface area (Å²) in [5.74, 6) is -1.02. The predicted octanol–water partition coefficient (Wildman–Crippen LogP) is 4.73. The number of nitrogens with one attached hydrogen (secondary N) is 2. The first-order chi connectivity index (χ1) is 17.0. The lowest BCUT2D eigenvalue weighted by Crippen LogP contribution is -2.31. The number of carboxylic acid groups (broad SMARTS) is 1. The molecule has 2 aliphatic carbocycles. The Kier molecular flexibility index (Phi) is 6.50. The van der Waals surface area contributed by atoms with Gasteiger partial charge in [-0.1, -0.05) is 48.5 Å². The van der Waals surface area contributed by atoms with Gasteiger partial charge in [-0.2, -0.15) is 0 Å². The van der Waals surface area contributed by atoms with Crippen molar-refractivity contribution in [1.82, 2.24) is 10.3 Å². The molecule has 9 heteroatoms. The van der Waals surface area contributed by atoms with Crippen molar-refractivity contribution in [3.63, 3.8) is 0 Å². The van der Waals surface area contributed by atoms with Crippen molar-refractivity contribution in [3.05, 3.63) is 70.7 Å². The molecule has 0 bridgehead atoms. The number of anilines is 1. The van der Waals surface area contributed by atoms with E-state index in [4.69, 9.17) is 9.84 Å². The third-order valence-electron chi connectivity index (χ3n) is 6.54. The van der Waals surface area contributed by atoms with Crippen LogP contribution in [0.15, 0.2) is 53.9 Å². The van der Waals surface area contributed by atoms with Crippen molar-refractivity contribution < 1.29 is 24.2 Å². The highest BCUT2D eigenvalue weighted by molar-refractivity contribution is 7.14. The second kappa shape index (κ2) is 9.87. The molecule has 1 aromatic heterocycles. The number of carbonyl (C=O) groups excluding carboxylic acids is 2. The van der Waals surface area contributed by atoms with Crippen molar-refractivity contribution >= 4 is 34.4 Å². The number of benzene rings is 2. The Morgan fingerprint density at radius 1 is 1.06 bits per heavy atom. The van der Waals surface area contributed by atoms with E-state index < -0.39 is 18.0 Å². The maximum atomic E-state index is 12.5. The average molecular weight is 492 g/mol. The highest BCUT2D eigenvalue weighted by atomic mass is 32.1. The van der Waals surface area contributed by atoms with Gasteiger partial charge in [0.25, 0.3) is 5.91 Å². The monoisotopic (exact) mass is 491 g/mol. The lowest BCUT2D eigenvalue weighted by molar-refractivity contribution is -0.138. The molecule has 0 aliphatic heterocycles. The number of carboxylic acids is 1. The molecule has 0 spiro atoms. The van der Waals surface area contributed by atoms with Crippen LogP contribution in [0.2, 0.25) is 0 Å². The van der Waals surface area contributed by atoms with E-state index in [9.17, 15) is 14.4 Å². The van der Waals surface area contributed by atoms with Gasteiger partial charge >= 0.3 is 12.1 Å². The minimum absolute atomic E-state index is 0.0383. The summed E-state index contributed by atoms with van der Waals surface area (Å²) < 4.78 is 5.52.